The summed E-state index contributed by atoms with van der Waals surface area (Å²) in [6.45, 7) is 2.04. The summed E-state index contributed by atoms with van der Waals surface area (Å²) in [6.07, 6.45) is 0.585. The molecule has 156 valence electrons. The molecule has 5 rings (SSSR count). The molecule has 1 aliphatic heterocycles. The van der Waals surface area contributed by atoms with Gasteiger partial charge in [-0.25, -0.2) is 4.98 Å². The van der Waals surface area contributed by atoms with Crippen LogP contribution < -0.4 is 5.56 Å². The second-order valence-electron chi connectivity index (χ2n) is 7.74. The van der Waals surface area contributed by atoms with Crippen LogP contribution in [0.25, 0.3) is 17.0 Å². The van der Waals surface area contributed by atoms with Gasteiger partial charge in [-0.2, -0.15) is 4.68 Å². The van der Waals surface area contributed by atoms with Gasteiger partial charge in [-0.05, 0) is 31.0 Å². The van der Waals surface area contributed by atoms with Gasteiger partial charge in [0.2, 0.25) is 17.8 Å². The number of hydrogen-bond acceptors (Lipinski definition) is 4. The smallest absolute Gasteiger partial charge is 0.278 e. The van der Waals surface area contributed by atoms with Crippen LogP contribution in [0.4, 0.5) is 0 Å². The number of nitrogens with one attached hydrogen (secondary N) is 2. The molecule has 2 aromatic heterocycles. The van der Waals surface area contributed by atoms with Gasteiger partial charge in [0.05, 0.1) is 22.5 Å². The van der Waals surface area contributed by atoms with E-state index < -0.39 is 5.92 Å². The number of nitrogens with zero attached hydrogens (tertiary/aromatic N) is 3. The molecule has 1 aliphatic rings. The number of aromatic nitrogens is 4. The van der Waals surface area contributed by atoms with Crippen LogP contribution in [0.2, 0.25) is 0 Å². The number of aromatic amines is 2. The van der Waals surface area contributed by atoms with Gasteiger partial charge in [-0.1, -0.05) is 42.5 Å². The molecular formula is C23H21N5O3. The molecule has 2 aromatic carbocycles. The minimum atomic E-state index is -0.780. The molecule has 0 radical (unpaired) electrons. The maximum atomic E-state index is 13.2. The van der Waals surface area contributed by atoms with E-state index in [2.05, 4.69) is 15.1 Å². The van der Waals surface area contributed by atoms with E-state index in [-0.39, 0.29) is 23.8 Å². The van der Waals surface area contributed by atoms with E-state index in [4.69, 9.17) is 0 Å². The van der Waals surface area contributed by atoms with Crippen LogP contribution in [0, 0.1) is 6.92 Å². The lowest BCUT2D eigenvalue weighted by atomic mass is 9.98. The lowest BCUT2D eigenvalue weighted by Gasteiger charge is -2.14. The molecule has 0 bridgehead atoms. The first-order chi connectivity index (χ1) is 15.0. The molecule has 8 nitrogen and oxygen atoms in total. The summed E-state index contributed by atoms with van der Waals surface area (Å²) < 4.78 is 1.30. The fourth-order valence-electron chi connectivity index (χ4n) is 4.19. The van der Waals surface area contributed by atoms with E-state index >= 15 is 0 Å². The average Bonchev–Trinajstić information content (AvgIpc) is 3.41. The summed E-state index contributed by atoms with van der Waals surface area (Å²) in [5.41, 5.74) is 3.10. The molecule has 2 amide bonds. The van der Waals surface area contributed by atoms with Crippen LogP contribution in [-0.2, 0) is 16.0 Å². The van der Waals surface area contributed by atoms with E-state index in [1.54, 1.807) is 6.92 Å². The zero-order chi connectivity index (χ0) is 21.5. The number of para-hydroxylation sites is 2. The van der Waals surface area contributed by atoms with E-state index in [0.29, 0.717) is 30.2 Å². The quantitative estimate of drug-likeness (QED) is 0.489. The predicted octanol–water partition coefficient (Wildman–Crippen LogP) is 2.44. The molecule has 1 fully saturated rings. The van der Waals surface area contributed by atoms with Crippen LogP contribution >= 0.6 is 0 Å². The van der Waals surface area contributed by atoms with Crippen molar-refractivity contribution in [2.75, 3.05) is 6.54 Å². The fourth-order valence-corrected chi connectivity index (χ4v) is 4.19. The number of likely N-dealkylation sites (tertiary alicyclic amines) is 1. The van der Waals surface area contributed by atoms with Crippen molar-refractivity contribution in [3.63, 3.8) is 0 Å². The Bertz CT molecular complexity index is 1320. The summed E-state index contributed by atoms with van der Waals surface area (Å²) in [5.74, 6) is -1.01. The molecule has 0 saturated carbocycles. The maximum absolute atomic E-state index is 13.2. The lowest BCUT2D eigenvalue weighted by molar-refractivity contribution is -0.138. The molecule has 0 spiro atoms. The largest absolute Gasteiger partial charge is 0.322 e. The maximum Gasteiger partial charge on any atom is 0.278 e. The van der Waals surface area contributed by atoms with Crippen LogP contribution in [0.1, 0.15) is 29.2 Å². The fraction of sp³-hybridized carbons (Fsp3) is 0.217. The monoisotopic (exact) mass is 415 g/mol. The van der Waals surface area contributed by atoms with Crippen molar-refractivity contribution in [3.05, 3.63) is 81.8 Å². The second kappa shape index (κ2) is 7.39. The van der Waals surface area contributed by atoms with Crippen molar-refractivity contribution in [3.8, 4) is 5.95 Å². The predicted molar refractivity (Wildman–Crippen MR) is 115 cm³/mol. The van der Waals surface area contributed by atoms with Crippen molar-refractivity contribution in [2.24, 2.45) is 0 Å². The number of rotatable bonds is 5. The molecule has 2 N–H and O–H groups in total. The Morgan fingerprint density at radius 3 is 2.55 bits per heavy atom. The summed E-state index contributed by atoms with van der Waals surface area (Å²) in [7, 11) is 0. The number of amides is 2. The zero-order valence-electron chi connectivity index (χ0n) is 17.0. The number of hydrogen-bond donors (Lipinski definition) is 2. The van der Waals surface area contributed by atoms with Crippen LogP contribution in [0.3, 0.4) is 0 Å². The minimum Gasteiger partial charge on any atom is -0.322 e. The van der Waals surface area contributed by atoms with Crippen LogP contribution in [-0.4, -0.2) is 43.0 Å². The standard InChI is InChI=1S/C23H21N5O3/c1-14-20(22(31)28(26-14)23-24-17-9-5-6-10-18(17)25-23)16-13-19(29)27(21(16)30)12-11-15-7-3-2-4-8-15/h2-10,16,26H,11-13H2,1H3,(H,24,25)/t16-/m1/s1. The Morgan fingerprint density at radius 1 is 1.03 bits per heavy atom. The molecular weight excluding hydrogens is 394 g/mol. The van der Waals surface area contributed by atoms with Crippen molar-refractivity contribution >= 4 is 22.8 Å². The van der Waals surface area contributed by atoms with Gasteiger partial charge in [0.15, 0.2) is 0 Å². The number of aryl methyl sites for hydroxylation is 1. The number of carbonyl (C=O) groups is 2. The van der Waals surface area contributed by atoms with E-state index in [1.165, 1.54) is 9.58 Å². The Kier molecular flexibility index (Phi) is 4.54. The first kappa shape index (κ1) is 19.0. The van der Waals surface area contributed by atoms with Crippen LogP contribution in [0.5, 0.6) is 0 Å². The number of imidazole rings is 1. The average molecular weight is 415 g/mol. The zero-order valence-corrected chi connectivity index (χ0v) is 17.0. The summed E-state index contributed by atoms with van der Waals surface area (Å²) in [4.78, 5) is 47.6. The van der Waals surface area contributed by atoms with Crippen molar-refractivity contribution < 1.29 is 9.59 Å². The number of H-pyrrole nitrogens is 2. The van der Waals surface area contributed by atoms with Gasteiger partial charge < -0.3 is 4.98 Å². The highest BCUT2D eigenvalue weighted by molar-refractivity contribution is 6.06. The van der Waals surface area contributed by atoms with Gasteiger partial charge in [0, 0.05) is 18.7 Å². The third kappa shape index (κ3) is 3.26. The van der Waals surface area contributed by atoms with Gasteiger partial charge in [0.25, 0.3) is 5.56 Å². The Morgan fingerprint density at radius 2 is 1.77 bits per heavy atom. The number of fused-ring (bicyclic) bond motifs is 1. The molecule has 1 saturated heterocycles. The summed E-state index contributed by atoms with van der Waals surface area (Å²) in [5, 5.41) is 3.00. The third-order valence-corrected chi connectivity index (χ3v) is 5.76. The van der Waals surface area contributed by atoms with Gasteiger partial charge in [0.1, 0.15) is 0 Å². The Balaban J connectivity index is 1.43. The van der Waals surface area contributed by atoms with E-state index in [9.17, 15) is 14.4 Å². The van der Waals surface area contributed by atoms with E-state index in [1.807, 2.05) is 54.6 Å². The molecule has 8 heteroatoms. The summed E-state index contributed by atoms with van der Waals surface area (Å²) in [6, 6.07) is 17.2. The molecule has 1 atom stereocenters. The first-order valence-electron chi connectivity index (χ1n) is 10.2. The van der Waals surface area contributed by atoms with Gasteiger partial charge in [-0.15, -0.1) is 0 Å². The number of carbonyl (C=O) groups excluding carboxylic acids is 2. The molecule has 0 aliphatic carbocycles. The Labute approximate surface area is 177 Å². The van der Waals surface area contributed by atoms with Crippen molar-refractivity contribution in [2.45, 2.75) is 25.7 Å². The topological polar surface area (TPSA) is 104 Å². The first-order valence-corrected chi connectivity index (χ1v) is 10.2. The molecule has 31 heavy (non-hydrogen) atoms. The highest BCUT2D eigenvalue weighted by Crippen LogP contribution is 2.30. The summed E-state index contributed by atoms with van der Waals surface area (Å²) >= 11 is 0. The third-order valence-electron chi connectivity index (χ3n) is 5.76. The van der Waals surface area contributed by atoms with Crippen molar-refractivity contribution in [1.29, 1.82) is 0 Å². The lowest BCUT2D eigenvalue weighted by Crippen LogP contribution is -2.33. The molecule has 3 heterocycles. The highest BCUT2D eigenvalue weighted by atomic mass is 16.2. The van der Waals surface area contributed by atoms with Gasteiger partial charge >= 0.3 is 0 Å². The second-order valence-corrected chi connectivity index (χ2v) is 7.74. The van der Waals surface area contributed by atoms with Crippen LogP contribution in [0.15, 0.2) is 59.4 Å². The van der Waals surface area contributed by atoms with E-state index in [0.717, 1.165) is 16.6 Å². The van der Waals surface area contributed by atoms with Gasteiger partial charge in [-0.3, -0.25) is 24.4 Å². The highest BCUT2D eigenvalue weighted by Gasteiger charge is 2.42. The van der Waals surface area contributed by atoms with Crippen molar-refractivity contribution in [1.82, 2.24) is 24.6 Å². The Hall–Kier alpha value is -3.94. The number of benzene rings is 2. The number of imide groups is 1. The minimum absolute atomic E-state index is 0.00167. The molecule has 0 unspecified atom stereocenters. The molecule has 4 aromatic rings. The normalized spacial score (nSPS) is 16.5. The SMILES string of the molecule is Cc1[nH]n(-c2nc3ccccc3[nH]2)c(=O)c1[C@H]1CC(=O)N(CCc2ccccc2)C1=O.